The summed E-state index contributed by atoms with van der Waals surface area (Å²) in [6.07, 6.45) is -4.78. The van der Waals surface area contributed by atoms with Crippen LogP contribution < -0.4 is 4.74 Å². The van der Waals surface area contributed by atoms with E-state index in [1.54, 1.807) is 34.8 Å². The molecule has 2 aromatic rings. The van der Waals surface area contributed by atoms with Gasteiger partial charge in [-0.1, -0.05) is 25.1 Å². The number of benzene rings is 2. The van der Waals surface area contributed by atoms with Crippen molar-refractivity contribution in [2.45, 2.75) is 85.2 Å². The number of halogens is 3. The van der Waals surface area contributed by atoms with Crippen LogP contribution in [0.4, 0.5) is 13.2 Å². The van der Waals surface area contributed by atoms with Crippen LogP contribution in [0.15, 0.2) is 36.4 Å². The molecule has 40 heavy (non-hydrogen) atoms. The number of esters is 1. The second-order valence-corrected chi connectivity index (χ2v) is 11.9. The first-order chi connectivity index (χ1) is 18.7. The van der Waals surface area contributed by atoms with E-state index in [0.29, 0.717) is 6.42 Å². The number of piperidine rings is 1. The Kier molecular flexibility index (Phi) is 10.5. The number of ether oxygens (including phenoxy) is 2. The molecule has 222 valence electrons. The summed E-state index contributed by atoms with van der Waals surface area (Å²) in [7, 11) is 1.65. The van der Waals surface area contributed by atoms with E-state index in [-0.39, 0.29) is 12.5 Å². The minimum Gasteiger partial charge on any atom is -0.497 e. The molecule has 0 aliphatic carbocycles. The van der Waals surface area contributed by atoms with Crippen molar-refractivity contribution in [3.05, 3.63) is 42.0 Å². The third-order valence-corrected chi connectivity index (χ3v) is 7.66. The van der Waals surface area contributed by atoms with Gasteiger partial charge in [-0.2, -0.15) is 13.2 Å². The van der Waals surface area contributed by atoms with Crippen molar-refractivity contribution in [2.24, 2.45) is 11.3 Å². The average molecular weight is 565 g/mol. The highest BCUT2D eigenvalue weighted by Crippen LogP contribution is 2.32. The number of amides is 1. The molecule has 0 bridgehead atoms. The number of alkyl halides is 3. The molecule has 2 aromatic carbocycles. The van der Waals surface area contributed by atoms with Gasteiger partial charge in [0.1, 0.15) is 18.3 Å². The average Bonchev–Trinajstić information content (AvgIpc) is 2.88. The zero-order valence-electron chi connectivity index (χ0n) is 24.5. The van der Waals surface area contributed by atoms with E-state index in [9.17, 15) is 22.8 Å². The van der Waals surface area contributed by atoms with Gasteiger partial charge in [-0.25, -0.2) is 0 Å². The van der Waals surface area contributed by atoms with Crippen LogP contribution in [0.2, 0.25) is 0 Å². The van der Waals surface area contributed by atoms with E-state index in [2.05, 4.69) is 30.0 Å². The fourth-order valence-corrected chi connectivity index (χ4v) is 5.25. The highest BCUT2D eigenvalue weighted by atomic mass is 19.4. The number of hydrogen-bond acceptors (Lipinski definition) is 5. The van der Waals surface area contributed by atoms with Crippen LogP contribution in [0.25, 0.3) is 10.8 Å². The molecule has 1 saturated heterocycles. The zero-order valence-corrected chi connectivity index (χ0v) is 24.5. The number of carbonyl (C=O) groups is 2. The second kappa shape index (κ2) is 13.2. The molecule has 1 amide bonds. The lowest BCUT2D eigenvalue weighted by Crippen LogP contribution is -2.53. The topological polar surface area (TPSA) is 59.1 Å². The van der Waals surface area contributed by atoms with Crippen LogP contribution in [-0.2, 0) is 20.9 Å². The standard InChI is InChI=1S/C31H43F3N2O4/c1-7-35(19-23-8-10-25-17-26(39-6)12-11-24(25)16-23)15-14-22-9-13-27(21(2)40-29(38)30(3,4)5)36(20-22)28(37)18-31(32,33)34/h8,10-12,16-17,21-22,27H,7,9,13-15,18-20H2,1-6H3/t21-,22?,27?/m0/s1. The largest absolute Gasteiger partial charge is 0.497 e. The molecular weight excluding hydrogens is 521 g/mol. The summed E-state index contributed by atoms with van der Waals surface area (Å²) in [5.74, 6) is -0.510. The molecule has 1 heterocycles. The molecule has 6 nitrogen and oxygen atoms in total. The Balaban J connectivity index is 1.65. The molecule has 2 unspecified atom stereocenters. The van der Waals surface area contributed by atoms with Gasteiger partial charge in [0.2, 0.25) is 5.91 Å². The Labute approximate surface area is 235 Å². The Hall–Kier alpha value is -2.81. The molecule has 0 aromatic heterocycles. The van der Waals surface area contributed by atoms with Crippen LogP contribution in [0, 0.1) is 11.3 Å². The van der Waals surface area contributed by atoms with Gasteiger partial charge in [0, 0.05) is 13.1 Å². The summed E-state index contributed by atoms with van der Waals surface area (Å²) in [4.78, 5) is 28.8. The number of methoxy groups -OCH3 is 1. The van der Waals surface area contributed by atoms with Crippen LogP contribution in [0.5, 0.6) is 5.75 Å². The smallest absolute Gasteiger partial charge is 0.397 e. The van der Waals surface area contributed by atoms with E-state index in [1.165, 1.54) is 10.5 Å². The summed E-state index contributed by atoms with van der Waals surface area (Å²) in [5.41, 5.74) is 0.438. The van der Waals surface area contributed by atoms with Crippen molar-refractivity contribution in [2.75, 3.05) is 26.7 Å². The first kappa shape index (κ1) is 31.7. The molecule has 3 rings (SSSR count). The molecule has 0 saturated carbocycles. The van der Waals surface area contributed by atoms with Crippen molar-refractivity contribution < 1.29 is 32.2 Å². The zero-order chi connectivity index (χ0) is 29.7. The number of fused-ring (bicyclic) bond motifs is 1. The van der Waals surface area contributed by atoms with Crippen LogP contribution in [0.1, 0.15) is 65.9 Å². The van der Waals surface area contributed by atoms with Crippen molar-refractivity contribution >= 4 is 22.6 Å². The van der Waals surface area contributed by atoms with Crippen molar-refractivity contribution in [3.63, 3.8) is 0 Å². The van der Waals surface area contributed by atoms with Crippen molar-refractivity contribution in [1.82, 2.24) is 9.80 Å². The maximum atomic E-state index is 13.1. The summed E-state index contributed by atoms with van der Waals surface area (Å²) < 4.78 is 50.4. The van der Waals surface area contributed by atoms with E-state index < -0.39 is 42.0 Å². The highest BCUT2D eigenvalue weighted by molar-refractivity contribution is 5.84. The van der Waals surface area contributed by atoms with Gasteiger partial charge in [-0.05, 0) is 100 Å². The number of likely N-dealkylation sites (tertiary alicyclic amines) is 1. The van der Waals surface area contributed by atoms with Crippen molar-refractivity contribution in [1.29, 1.82) is 0 Å². The van der Waals surface area contributed by atoms with Gasteiger partial charge in [0.25, 0.3) is 0 Å². The number of hydrogen-bond donors (Lipinski definition) is 0. The predicted octanol–water partition coefficient (Wildman–Crippen LogP) is 6.60. The van der Waals surface area contributed by atoms with Gasteiger partial charge in [-0.15, -0.1) is 0 Å². The quantitative estimate of drug-likeness (QED) is 0.305. The van der Waals surface area contributed by atoms with Crippen LogP contribution in [0.3, 0.4) is 0 Å². The van der Waals surface area contributed by atoms with E-state index in [1.807, 2.05) is 18.2 Å². The second-order valence-electron chi connectivity index (χ2n) is 11.9. The Morgan fingerprint density at radius 1 is 1.07 bits per heavy atom. The lowest BCUT2D eigenvalue weighted by Gasteiger charge is -2.43. The molecule has 1 fully saturated rings. The third kappa shape index (κ3) is 8.85. The SMILES string of the molecule is CCN(CCC1CCC([C@H](C)OC(=O)C(C)(C)C)N(C(=O)CC(F)(F)F)C1)Cc1ccc2cc(OC)ccc2c1. The first-order valence-electron chi connectivity index (χ1n) is 14.1. The lowest BCUT2D eigenvalue weighted by molar-refractivity contribution is -0.174. The molecular formula is C31H43F3N2O4. The predicted molar refractivity (Wildman–Crippen MR) is 150 cm³/mol. The maximum Gasteiger partial charge on any atom is 0.397 e. The fourth-order valence-electron chi connectivity index (χ4n) is 5.25. The van der Waals surface area contributed by atoms with Gasteiger partial charge in [0.05, 0.1) is 18.6 Å². The Bertz CT molecular complexity index is 1160. The minimum atomic E-state index is -4.59. The third-order valence-electron chi connectivity index (χ3n) is 7.66. The Morgan fingerprint density at radius 2 is 1.75 bits per heavy atom. The highest BCUT2D eigenvalue weighted by Gasteiger charge is 2.41. The Morgan fingerprint density at radius 3 is 2.38 bits per heavy atom. The summed E-state index contributed by atoms with van der Waals surface area (Å²) in [6.45, 7) is 11.5. The lowest BCUT2D eigenvalue weighted by atomic mass is 9.87. The number of carbonyl (C=O) groups excluding carboxylic acids is 2. The minimum absolute atomic E-state index is 0.0667. The van der Waals surface area contributed by atoms with Gasteiger partial charge in [-0.3, -0.25) is 14.5 Å². The summed E-state index contributed by atoms with van der Waals surface area (Å²) in [6, 6.07) is 11.8. The fraction of sp³-hybridized carbons (Fsp3) is 0.613. The normalized spacial score (nSPS) is 19.1. The molecule has 3 atom stereocenters. The molecule has 0 spiro atoms. The summed E-state index contributed by atoms with van der Waals surface area (Å²) >= 11 is 0. The van der Waals surface area contributed by atoms with Gasteiger partial charge >= 0.3 is 12.1 Å². The van der Waals surface area contributed by atoms with E-state index in [4.69, 9.17) is 9.47 Å². The van der Waals surface area contributed by atoms with E-state index >= 15 is 0 Å². The van der Waals surface area contributed by atoms with Gasteiger partial charge in [0.15, 0.2) is 0 Å². The summed E-state index contributed by atoms with van der Waals surface area (Å²) in [5, 5.41) is 2.24. The van der Waals surface area contributed by atoms with Crippen molar-refractivity contribution in [3.8, 4) is 5.75 Å². The first-order valence-corrected chi connectivity index (χ1v) is 14.1. The molecule has 0 N–H and O–H groups in total. The van der Waals surface area contributed by atoms with Crippen LogP contribution >= 0.6 is 0 Å². The number of rotatable bonds is 10. The molecule has 0 radical (unpaired) electrons. The molecule has 9 heteroatoms. The molecule has 1 aliphatic rings. The van der Waals surface area contributed by atoms with Crippen LogP contribution in [-0.4, -0.2) is 66.7 Å². The number of nitrogens with zero attached hydrogens (tertiary/aromatic N) is 2. The molecule has 1 aliphatic heterocycles. The van der Waals surface area contributed by atoms with E-state index in [0.717, 1.165) is 49.0 Å². The monoisotopic (exact) mass is 564 g/mol. The van der Waals surface area contributed by atoms with Gasteiger partial charge < -0.3 is 14.4 Å². The maximum absolute atomic E-state index is 13.1.